The van der Waals surface area contributed by atoms with E-state index in [1.165, 1.54) is 9.80 Å². The van der Waals surface area contributed by atoms with Crippen molar-refractivity contribution < 1.29 is 19.4 Å². The van der Waals surface area contributed by atoms with Gasteiger partial charge in [-0.1, -0.05) is 0 Å². The first-order valence-electron chi connectivity index (χ1n) is 5.93. The van der Waals surface area contributed by atoms with Crippen LogP contribution in [0.15, 0.2) is 0 Å². The van der Waals surface area contributed by atoms with E-state index >= 15 is 0 Å². The zero-order valence-corrected chi connectivity index (χ0v) is 9.91. The van der Waals surface area contributed by atoms with E-state index in [2.05, 4.69) is 0 Å². The molecular weight excluding hydrogens is 238 g/mol. The van der Waals surface area contributed by atoms with E-state index in [0.717, 1.165) is 0 Å². The number of carbonyl (C=O) groups excluding carboxylic acids is 1. The molecule has 1 unspecified atom stereocenters. The van der Waals surface area contributed by atoms with Crippen LogP contribution in [0.1, 0.15) is 12.8 Å². The van der Waals surface area contributed by atoms with Crippen LogP contribution in [0.25, 0.3) is 0 Å². The van der Waals surface area contributed by atoms with E-state index in [4.69, 9.17) is 15.1 Å². The second kappa shape index (κ2) is 5.23. The molecule has 98 valence electrons. The standard InChI is InChI=1S/C11H15N3O4/c12-6-8-7-13(4-5-18-8)11(17)14-3-1-2-9(14)10(15)16/h8-9H,1-5,7H2,(H,15,16)/t8?,9-/m0/s1. The third kappa shape index (κ3) is 2.38. The van der Waals surface area contributed by atoms with E-state index in [1.54, 1.807) is 0 Å². The summed E-state index contributed by atoms with van der Waals surface area (Å²) in [5.41, 5.74) is 0. The number of ether oxygens (including phenoxy) is 1. The smallest absolute Gasteiger partial charge is 0.326 e. The summed E-state index contributed by atoms with van der Waals surface area (Å²) < 4.78 is 5.15. The van der Waals surface area contributed by atoms with Gasteiger partial charge in [0.15, 0.2) is 6.10 Å². The largest absolute Gasteiger partial charge is 0.480 e. The number of aliphatic carboxylic acids is 1. The minimum atomic E-state index is -0.967. The Hall–Kier alpha value is -1.81. The molecule has 2 heterocycles. The second-order valence-electron chi connectivity index (χ2n) is 4.41. The van der Waals surface area contributed by atoms with Gasteiger partial charge < -0.3 is 19.6 Å². The molecule has 1 N–H and O–H groups in total. The molecule has 2 rings (SSSR count). The molecule has 2 atom stereocenters. The Kier molecular flexibility index (Phi) is 3.67. The van der Waals surface area contributed by atoms with Gasteiger partial charge in [-0.05, 0) is 12.8 Å². The number of morpholine rings is 1. The highest BCUT2D eigenvalue weighted by Crippen LogP contribution is 2.20. The molecule has 7 nitrogen and oxygen atoms in total. The van der Waals surface area contributed by atoms with Crippen molar-refractivity contribution in [2.24, 2.45) is 0 Å². The van der Waals surface area contributed by atoms with Crippen LogP contribution in [0.5, 0.6) is 0 Å². The quantitative estimate of drug-likeness (QED) is 0.703. The maximum atomic E-state index is 12.2. The van der Waals surface area contributed by atoms with E-state index in [0.29, 0.717) is 32.5 Å². The van der Waals surface area contributed by atoms with Crippen LogP contribution >= 0.6 is 0 Å². The number of rotatable bonds is 1. The molecule has 0 aliphatic carbocycles. The SMILES string of the molecule is N#CC1CN(C(=O)N2CCC[C@H]2C(=O)O)CCO1. The van der Waals surface area contributed by atoms with Crippen molar-refractivity contribution in [2.75, 3.05) is 26.2 Å². The van der Waals surface area contributed by atoms with Gasteiger partial charge in [-0.25, -0.2) is 9.59 Å². The number of carboxylic acids is 1. The number of likely N-dealkylation sites (tertiary alicyclic amines) is 1. The molecular formula is C11H15N3O4. The molecule has 2 amide bonds. The molecule has 0 aromatic carbocycles. The lowest BCUT2D eigenvalue weighted by atomic mass is 10.2. The number of hydrogen-bond acceptors (Lipinski definition) is 4. The van der Waals surface area contributed by atoms with Crippen molar-refractivity contribution in [1.82, 2.24) is 9.80 Å². The fourth-order valence-corrected chi connectivity index (χ4v) is 2.34. The third-order valence-electron chi connectivity index (χ3n) is 3.26. The lowest BCUT2D eigenvalue weighted by Gasteiger charge is -2.34. The summed E-state index contributed by atoms with van der Waals surface area (Å²) in [5.74, 6) is -0.967. The minimum Gasteiger partial charge on any atom is -0.480 e. The Morgan fingerprint density at radius 3 is 2.83 bits per heavy atom. The number of nitriles is 1. The number of carboxylic acid groups (broad SMARTS) is 1. The summed E-state index contributed by atoms with van der Waals surface area (Å²) in [6.45, 7) is 1.39. The third-order valence-corrected chi connectivity index (χ3v) is 3.26. The molecule has 2 fully saturated rings. The molecule has 7 heteroatoms. The van der Waals surface area contributed by atoms with Crippen LogP contribution in [-0.2, 0) is 9.53 Å². The van der Waals surface area contributed by atoms with Gasteiger partial charge in [0, 0.05) is 13.1 Å². The highest BCUT2D eigenvalue weighted by molar-refractivity contribution is 5.83. The topological polar surface area (TPSA) is 93.9 Å². The first-order chi connectivity index (χ1) is 8.63. The van der Waals surface area contributed by atoms with Gasteiger partial charge in [-0.2, -0.15) is 5.26 Å². The Balaban J connectivity index is 2.02. The number of urea groups is 1. The van der Waals surface area contributed by atoms with Crippen LogP contribution in [0.3, 0.4) is 0 Å². The van der Waals surface area contributed by atoms with Gasteiger partial charge in [-0.15, -0.1) is 0 Å². The molecule has 0 aromatic rings. The highest BCUT2D eigenvalue weighted by Gasteiger charge is 2.37. The van der Waals surface area contributed by atoms with Gasteiger partial charge >= 0.3 is 12.0 Å². The van der Waals surface area contributed by atoms with Gasteiger partial charge in [0.2, 0.25) is 0 Å². The fourth-order valence-electron chi connectivity index (χ4n) is 2.34. The number of nitrogens with zero attached hydrogens (tertiary/aromatic N) is 3. The number of amides is 2. The summed E-state index contributed by atoms with van der Waals surface area (Å²) in [7, 11) is 0. The summed E-state index contributed by atoms with van der Waals surface area (Å²) in [4.78, 5) is 26.1. The van der Waals surface area contributed by atoms with Crippen molar-refractivity contribution in [3.8, 4) is 6.07 Å². The van der Waals surface area contributed by atoms with E-state index in [9.17, 15) is 9.59 Å². The molecule has 0 spiro atoms. The number of carbonyl (C=O) groups is 2. The monoisotopic (exact) mass is 253 g/mol. The summed E-state index contributed by atoms with van der Waals surface area (Å²) in [5, 5.41) is 17.8. The Bertz CT molecular complexity index is 392. The molecule has 0 saturated carbocycles. The average Bonchev–Trinajstić information content (AvgIpc) is 2.87. The van der Waals surface area contributed by atoms with E-state index < -0.39 is 18.1 Å². The van der Waals surface area contributed by atoms with E-state index in [-0.39, 0.29) is 12.6 Å². The second-order valence-corrected chi connectivity index (χ2v) is 4.41. The maximum Gasteiger partial charge on any atom is 0.326 e. The Morgan fingerprint density at radius 2 is 2.17 bits per heavy atom. The molecule has 2 saturated heterocycles. The first-order valence-corrected chi connectivity index (χ1v) is 5.93. The van der Waals surface area contributed by atoms with Crippen LogP contribution < -0.4 is 0 Å². The van der Waals surface area contributed by atoms with Gasteiger partial charge in [0.25, 0.3) is 0 Å². The molecule has 0 aromatic heterocycles. The molecule has 0 bridgehead atoms. The van der Waals surface area contributed by atoms with Crippen LogP contribution in [-0.4, -0.2) is 65.3 Å². The first kappa shape index (κ1) is 12.6. The Labute approximate surface area is 105 Å². The molecule has 2 aliphatic rings. The summed E-state index contributed by atoms with van der Waals surface area (Å²) in [6.07, 6.45) is 0.579. The maximum absolute atomic E-state index is 12.2. The van der Waals surface area contributed by atoms with Crippen molar-refractivity contribution in [2.45, 2.75) is 25.0 Å². The Morgan fingerprint density at radius 1 is 1.39 bits per heavy atom. The van der Waals surface area contributed by atoms with Crippen LogP contribution in [0.2, 0.25) is 0 Å². The lowest BCUT2D eigenvalue weighted by molar-refractivity contribution is -0.141. The predicted octanol–water partition coefficient (Wildman–Crippen LogP) is -0.120. The zero-order valence-electron chi connectivity index (χ0n) is 9.91. The van der Waals surface area contributed by atoms with Gasteiger partial charge in [-0.3, -0.25) is 0 Å². The zero-order chi connectivity index (χ0) is 13.1. The minimum absolute atomic E-state index is 0.207. The number of hydrogen-bond donors (Lipinski definition) is 1. The fraction of sp³-hybridized carbons (Fsp3) is 0.727. The average molecular weight is 253 g/mol. The van der Waals surface area contributed by atoms with Crippen LogP contribution in [0, 0.1) is 11.3 Å². The van der Waals surface area contributed by atoms with Crippen molar-refractivity contribution in [3.05, 3.63) is 0 Å². The van der Waals surface area contributed by atoms with Crippen molar-refractivity contribution >= 4 is 12.0 Å². The highest BCUT2D eigenvalue weighted by atomic mass is 16.5. The van der Waals surface area contributed by atoms with Crippen LogP contribution in [0.4, 0.5) is 4.79 Å². The normalized spacial score (nSPS) is 27.9. The van der Waals surface area contributed by atoms with Gasteiger partial charge in [0.1, 0.15) is 6.04 Å². The lowest BCUT2D eigenvalue weighted by Crippen LogP contribution is -2.53. The predicted molar refractivity (Wildman–Crippen MR) is 59.7 cm³/mol. The van der Waals surface area contributed by atoms with Crippen molar-refractivity contribution in [1.29, 1.82) is 5.26 Å². The van der Waals surface area contributed by atoms with Gasteiger partial charge in [0.05, 0.1) is 19.2 Å². The summed E-state index contributed by atoms with van der Waals surface area (Å²) >= 11 is 0. The molecule has 0 radical (unpaired) electrons. The van der Waals surface area contributed by atoms with Crippen molar-refractivity contribution in [3.63, 3.8) is 0 Å². The van der Waals surface area contributed by atoms with E-state index in [1.807, 2.05) is 6.07 Å². The molecule has 18 heavy (non-hydrogen) atoms. The summed E-state index contributed by atoms with van der Waals surface area (Å²) in [6, 6.07) is 0.925. The molecule has 2 aliphatic heterocycles.